The molecule has 1 atom stereocenters. The normalized spacial score (nSPS) is 15.3. The number of hydrogen-bond donors (Lipinski definition) is 2. The van der Waals surface area contributed by atoms with Gasteiger partial charge in [0.05, 0.1) is 0 Å². The first-order chi connectivity index (χ1) is 10.4. The summed E-state index contributed by atoms with van der Waals surface area (Å²) in [5, 5.41) is 12.1. The van der Waals surface area contributed by atoms with Crippen molar-refractivity contribution in [3.05, 3.63) is 29.3 Å². The molecule has 0 aliphatic heterocycles. The number of benzene rings is 1. The Kier molecular flexibility index (Phi) is 5.46. The molecule has 4 nitrogen and oxygen atoms in total. The molecule has 0 heterocycles. The summed E-state index contributed by atoms with van der Waals surface area (Å²) in [5.74, 6) is 0.610. The van der Waals surface area contributed by atoms with Crippen molar-refractivity contribution in [2.45, 2.75) is 52.5 Å². The number of hydrogen-bond acceptors (Lipinski definition) is 3. The van der Waals surface area contributed by atoms with Gasteiger partial charge in [-0.3, -0.25) is 4.79 Å². The lowest BCUT2D eigenvalue weighted by atomic mass is 9.85. The number of nitrogens with one attached hydrogen (secondary N) is 1. The minimum absolute atomic E-state index is 0.0107. The minimum Gasteiger partial charge on any atom is -0.484 e. The van der Waals surface area contributed by atoms with Crippen LogP contribution in [0.5, 0.6) is 5.75 Å². The third kappa shape index (κ3) is 4.47. The van der Waals surface area contributed by atoms with Crippen molar-refractivity contribution in [2.75, 3.05) is 13.2 Å². The van der Waals surface area contributed by atoms with E-state index >= 15 is 0 Å². The monoisotopic (exact) mass is 305 g/mol. The van der Waals surface area contributed by atoms with E-state index in [1.165, 1.54) is 17.5 Å². The molecule has 4 heteroatoms. The summed E-state index contributed by atoms with van der Waals surface area (Å²) >= 11 is 0. The highest BCUT2D eigenvalue weighted by molar-refractivity contribution is 5.78. The third-order valence-corrected chi connectivity index (χ3v) is 4.24. The van der Waals surface area contributed by atoms with E-state index in [4.69, 9.17) is 9.84 Å². The number of aryl methyl sites for hydroxylation is 2. The zero-order chi connectivity index (χ0) is 16.2. The fourth-order valence-electron chi connectivity index (χ4n) is 2.87. The van der Waals surface area contributed by atoms with Crippen LogP contribution in [0.4, 0.5) is 0 Å². The molecule has 1 amide bonds. The van der Waals surface area contributed by atoms with Crippen molar-refractivity contribution in [2.24, 2.45) is 5.41 Å². The van der Waals surface area contributed by atoms with Crippen molar-refractivity contribution in [3.63, 3.8) is 0 Å². The zero-order valence-electron chi connectivity index (χ0n) is 13.8. The number of fused-ring (bicyclic) bond motifs is 1. The lowest BCUT2D eigenvalue weighted by molar-refractivity contribution is -0.124. The summed E-state index contributed by atoms with van der Waals surface area (Å²) in [5.41, 5.74) is 2.64. The molecule has 2 N–H and O–H groups in total. The summed E-state index contributed by atoms with van der Waals surface area (Å²) in [6.07, 6.45) is 3.99. The predicted molar refractivity (Wildman–Crippen MR) is 87.1 cm³/mol. The Morgan fingerprint density at radius 1 is 1.32 bits per heavy atom. The van der Waals surface area contributed by atoms with Gasteiger partial charge in [0.2, 0.25) is 0 Å². The molecule has 1 aromatic carbocycles. The smallest absolute Gasteiger partial charge is 0.258 e. The van der Waals surface area contributed by atoms with Crippen molar-refractivity contribution in [3.8, 4) is 5.75 Å². The Labute approximate surface area is 132 Å². The molecule has 0 fully saturated rings. The highest BCUT2D eigenvalue weighted by Crippen LogP contribution is 2.26. The largest absolute Gasteiger partial charge is 0.484 e. The third-order valence-electron chi connectivity index (χ3n) is 4.24. The molecule has 0 saturated carbocycles. The van der Waals surface area contributed by atoms with Gasteiger partial charge in [-0.05, 0) is 54.4 Å². The van der Waals surface area contributed by atoms with Crippen LogP contribution in [0.2, 0.25) is 0 Å². The first kappa shape index (κ1) is 16.8. The Morgan fingerprint density at radius 3 is 2.73 bits per heavy atom. The van der Waals surface area contributed by atoms with Gasteiger partial charge in [-0.25, -0.2) is 0 Å². The summed E-state index contributed by atoms with van der Waals surface area (Å²) in [6, 6.07) is 6.02. The second-order valence-corrected chi connectivity index (χ2v) is 7.07. The van der Waals surface area contributed by atoms with Crippen LogP contribution < -0.4 is 10.1 Å². The van der Waals surface area contributed by atoms with Gasteiger partial charge in [0.25, 0.3) is 5.91 Å². The first-order valence-corrected chi connectivity index (χ1v) is 8.05. The van der Waals surface area contributed by atoms with Crippen LogP contribution in [0.3, 0.4) is 0 Å². The Bertz CT molecular complexity index is 520. The fraction of sp³-hybridized carbons (Fsp3) is 0.611. The van der Waals surface area contributed by atoms with E-state index in [2.05, 4.69) is 32.2 Å². The van der Waals surface area contributed by atoms with E-state index in [0.29, 0.717) is 6.42 Å². The maximum atomic E-state index is 12.1. The molecule has 1 aliphatic rings. The van der Waals surface area contributed by atoms with Crippen LogP contribution in [0, 0.1) is 5.41 Å². The SMILES string of the molecule is CC(C)(C)C(CCO)NC(=O)COc1ccc2c(c1)CCC2. The summed E-state index contributed by atoms with van der Waals surface area (Å²) in [4.78, 5) is 12.1. The fourth-order valence-corrected chi connectivity index (χ4v) is 2.87. The number of ether oxygens (including phenoxy) is 1. The lowest BCUT2D eigenvalue weighted by Crippen LogP contribution is -2.46. The number of carbonyl (C=O) groups excluding carboxylic acids is 1. The molecule has 0 aromatic heterocycles. The Morgan fingerprint density at radius 2 is 2.05 bits per heavy atom. The average molecular weight is 305 g/mol. The van der Waals surface area contributed by atoms with Crippen LogP contribution in [0.15, 0.2) is 18.2 Å². The number of aliphatic hydroxyl groups is 1. The second kappa shape index (κ2) is 7.14. The summed E-state index contributed by atoms with van der Waals surface area (Å²) in [6.45, 7) is 6.23. The number of amides is 1. The van der Waals surface area contributed by atoms with E-state index < -0.39 is 0 Å². The van der Waals surface area contributed by atoms with E-state index in [1.807, 2.05) is 12.1 Å². The minimum atomic E-state index is -0.145. The van der Waals surface area contributed by atoms with E-state index in [0.717, 1.165) is 18.6 Å². The quantitative estimate of drug-likeness (QED) is 0.849. The van der Waals surface area contributed by atoms with Crippen LogP contribution in [-0.2, 0) is 17.6 Å². The maximum Gasteiger partial charge on any atom is 0.258 e. The second-order valence-electron chi connectivity index (χ2n) is 7.07. The van der Waals surface area contributed by atoms with Crippen LogP contribution in [-0.4, -0.2) is 30.3 Å². The van der Waals surface area contributed by atoms with Gasteiger partial charge in [0.15, 0.2) is 6.61 Å². The summed E-state index contributed by atoms with van der Waals surface area (Å²) < 4.78 is 5.61. The molecular weight excluding hydrogens is 278 g/mol. The van der Waals surface area contributed by atoms with Gasteiger partial charge in [-0.1, -0.05) is 26.8 Å². The Balaban J connectivity index is 1.87. The Hall–Kier alpha value is -1.55. The lowest BCUT2D eigenvalue weighted by Gasteiger charge is -2.31. The molecule has 0 radical (unpaired) electrons. The van der Waals surface area contributed by atoms with Crippen molar-refractivity contribution in [1.29, 1.82) is 0 Å². The molecule has 1 aliphatic carbocycles. The van der Waals surface area contributed by atoms with Crippen molar-refractivity contribution in [1.82, 2.24) is 5.32 Å². The van der Waals surface area contributed by atoms with Gasteiger partial charge in [0.1, 0.15) is 5.75 Å². The van der Waals surface area contributed by atoms with Gasteiger partial charge < -0.3 is 15.2 Å². The number of rotatable bonds is 6. The molecule has 0 bridgehead atoms. The number of aliphatic hydroxyl groups excluding tert-OH is 1. The average Bonchev–Trinajstić information content (AvgIpc) is 2.91. The standard InChI is InChI=1S/C18H27NO3/c1-18(2,3)16(9-10-20)19-17(21)12-22-15-8-7-13-5-4-6-14(13)11-15/h7-8,11,16,20H,4-6,9-10,12H2,1-3H3,(H,19,21). The van der Waals surface area contributed by atoms with Gasteiger partial charge in [-0.2, -0.15) is 0 Å². The first-order valence-electron chi connectivity index (χ1n) is 8.05. The molecule has 1 unspecified atom stereocenters. The van der Waals surface area contributed by atoms with Gasteiger partial charge in [0, 0.05) is 12.6 Å². The van der Waals surface area contributed by atoms with Gasteiger partial charge >= 0.3 is 0 Å². The predicted octanol–water partition coefficient (Wildman–Crippen LogP) is 2.47. The molecule has 22 heavy (non-hydrogen) atoms. The van der Waals surface area contributed by atoms with E-state index in [1.54, 1.807) is 0 Å². The van der Waals surface area contributed by atoms with Crippen molar-refractivity contribution >= 4 is 5.91 Å². The van der Waals surface area contributed by atoms with E-state index in [-0.39, 0.29) is 30.6 Å². The molecule has 0 spiro atoms. The maximum absolute atomic E-state index is 12.1. The molecular formula is C18H27NO3. The topological polar surface area (TPSA) is 58.6 Å². The van der Waals surface area contributed by atoms with Crippen LogP contribution in [0.25, 0.3) is 0 Å². The molecule has 1 aromatic rings. The molecule has 122 valence electrons. The number of carbonyl (C=O) groups is 1. The zero-order valence-corrected chi connectivity index (χ0v) is 13.8. The van der Waals surface area contributed by atoms with E-state index in [9.17, 15) is 4.79 Å². The molecule has 0 saturated heterocycles. The highest BCUT2D eigenvalue weighted by atomic mass is 16.5. The molecule has 2 rings (SSSR count). The van der Waals surface area contributed by atoms with Crippen molar-refractivity contribution < 1.29 is 14.6 Å². The van der Waals surface area contributed by atoms with Gasteiger partial charge in [-0.15, -0.1) is 0 Å². The van der Waals surface area contributed by atoms with Crippen LogP contribution >= 0.6 is 0 Å². The summed E-state index contributed by atoms with van der Waals surface area (Å²) in [7, 11) is 0. The highest BCUT2D eigenvalue weighted by Gasteiger charge is 2.25. The van der Waals surface area contributed by atoms with Crippen LogP contribution in [0.1, 0.15) is 44.7 Å².